The maximum Gasteiger partial charge on any atom is 0.326 e. The normalized spacial score (nSPS) is 11.4. The molecule has 0 radical (unpaired) electrons. The molecule has 0 aliphatic rings. The summed E-state index contributed by atoms with van der Waals surface area (Å²) in [6.07, 6.45) is 5.64. The Morgan fingerprint density at radius 2 is 1.63 bits per heavy atom. The summed E-state index contributed by atoms with van der Waals surface area (Å²) in [6, 6.07) is 26.0. The van der Waals surface area contributed by atoms with Crippen LogP contribution in [0.5, 0.6) is 5.75 Å². The van der Waals surface area contributed by atoms with Crippen LogP contribution in [0.3, 0.4) is 0 Å². The van der Waals surface area contributed by atoms with Gasteiger partial charge in [0.2, 0.25) is 5.91 Å². The quantitative estimate of drug-likeness (QED) is 0.165. The lowest BCUT2D eigenvalue weighted by atomic mass is 10.00. The molecule has 43 heavy (non-hydrogen) atoms. The van der Waals surface area contributed by atoms with Gasteiger partial charge in [0.1, 0.15) is 18.4 Å². The van der Waals surface area contributed by atoms with Crippen molar-refractivity contribution >= 4 is 23.3 Å². The minimum Gasteiger partial charge on any atom is -0.492 e. The molecular weight excluding hydrogens is 542 g/mol. The van der Waals surface area contributed by atoms with E-state index in [4.69, 9.17) is 4.74 Å². The number of nitrogens with zero attached hydrogens (tertiary/aromatic N) is 2. The summed E-state index contributed by atoms with van der Waals surface area (Å²) < 4.78 is 5.91. The highest BCUT2D eigenvalue weighted by atomic mass is 16.5. The minimum absolute atomic E-state index is 0.0869. The predicted molar refractivity (Wildman–Crippen MR) is 166 cm³/mol. The number of amides is 1. The second-order valence-electron chi connectivity index (χ2n) is 10.2. The molecule has 0 saturated heterocycles. The number of ketones is 1. The summed E-state index contributed by atoms with van der Waals surface area (Å²) in [6.45, 7) is 3.54. The number of benzene rings is 3. The zero-order valence-electron chi connectivity index (χ0n) is 24.3. The lowest BCUT2D eigenvalue weighted by molar-refractivity contribution is -0.138. The molecule has 3 aromatic carbocycles. The van der Waals surface area contributed by atoms with Crippen molar-refractivity contribution in [3.8, 4) is 5.75 Å². The summed E-state index contributed by atoms with van der Waals surface area (Å²) in [5, 5.41) is 13.0. The molecule has 0 saturated carbocycles. The van der Waals surface area contributed by atoms with Crippen molar-refractivity contribution in [2.75, 3.05) is 25.0 Å². The van der Waals surface area contributed by atoms with Gasteiger partial charge in [-0.3, -0.25) is 14.6 Å². The van der Waals surface area contributed by atoms with Gasteiger partial charge >= 0.3 is 5.97 Å². The van der Waals surface area contributed by atoms with Crippen molar-refractivity contribution in [1.29, 1.82) is 0 Å². The van der Waals surface area contributed by atoms with Gasteiger partial charge in [0, 0.05) is 48.6 Å². The van der Waals surface area contributed by atoms with Crippen LogP contribution >= 0.6 is 0 Å². The molecule has 0 aliphatic carbocycles. The Kier molecular flexibility index (Phi) is 11.4. The SMILES string of the molecule is CCCN(CCOc1ccc(CC(Nc2ccccc2C(=O)c2ccccc2)C(=O)O)cc1)C(=O)CCc1cccnc1. The standard InChI is InChI=1S/C35H37N3O5/c1-2-21-38(33(39)19-16-27-9-8-20-36-25-27)22-23-43-29-17-14-26(15-18-29)24-32(35(41)42)37-31-13-7-6-12-30(31)34(40)28-10-4-3-5-11-28/h3-15,17-18,20,25,32,37H,2,16,19,21-24H2,1H3,(H,41,42). The molecule has 222 valence electrons. The Morgan fingerprint density at radius 3 is 2.33 bits per heavy atom. The molecule has 1 atom stereocenters. The second kappa shape index (κ2) is 15.9. The van der Waals surface area contributed by atoms with Crippen LogP contribution in [0.15, 0.2) is 103 Å². The number of pyridine rings is 1. The molecular formula is C35H37N3O5. The van der Waals surface area contributed by atoms with Gasteiger partial charge in [-0.15, -0.1) is 0 Å². The van der Waals surface area contributed by atoms with E-state index in [1.54, 1.807) is 73.1 Å². The van der Waals surface area contributed by atoms with Gasteiger partial charge in [0.05, 0.1) is 6.54 Å². The van der Waals surface area contributed by atoms with Crippen LogP contribution in [0.1, 0.15) is 46.8 Å². The third-order valence-electron chi connectivity index (χ3n) is 7.03. The number of hydrogen-bond acceptors (Lipinski definition) is 6. The van der Waals surface area contributed by atoms with Gasteiger partial charge in [-0.2, -0.15) is 0 Å². The molecule has 8 nitrogen and oxygen atoms in total. The van der Waals surface area contributed by atoms with E-state index in [2.05, 4.69) is 10.3 Å². The summed E-state index contributed by atoms with van der Waals surface area (Å²) >= 11 is 0. The lowest BCUT2D eigenvalue weighted by Gasteiger charge is -2.22. The summed E-state index contributed by atoms with van der Waals surface area (Å²) in [5.74, 6) is -0.473. The number of para-hydroxylation sites is 1. The largest absolute Gasteiger partial charge is 0.492 e. The number of hydrogen-bond donors (Lipinski definition) is 2. The van der Waals surface area contributed by atoms with Gasteiger partial charge in [0.15, 0.2) is 5.78 Å². The number of aliphatic carboxylic acids is 1. The molecule has 1 heterocycles. The van der Waals surface area contributed by atoms with Crippen molar-refractivity contribution in [2.45, 2.75) is 38.6 Å². The van der Waals surface area contributed by atoms with E-state index in [0.717, 1.165) is 17.5 Å². The number of carboxylic acids is 1. The molecule has 0 spiro atoms. The Balaban J connectivity index is 1.31. The molecule has 0 bridgehead atoms. The van der Waals surface area contributed by atoms with Crippen LogP contribution in [-0.4, -0.2) is 58.4 Å². The van der Waals surface area contributed by atoms with Crippen LogP contribution in [0.25, 0.3) is 0 Å². The topological polar surface area (TPSA) is 109 Å². The predicted octanol–water partition coefficient (Wildman–Crippen LogP) is 5.67. The van der Waals surface area contributed by atoms with Crippen LogP contribution in [-0.2, 0) is 22.4 Å². The number of ether oxygens (including phenoxy) is 1. The van der Waals surface area contributed by atoms with E-state index < -0.39 is 12.0 Å². The number of nitrogens with one attached hydrogen (secondary N) is 1. The molecule has 4 aromatic rings. The molecule has 4 rings (SSSR count). The van der Waals surface area contributed by atoms with E-state index >= 15 is 0 Å². The zero-order chi connectivity index (χ0) is 30.4. The highest BCUT2D eigenvalue weighted by molar-refractivity contribution is 6.12. The van der Waals surface area contributed by atoms with Crippen LogP contribution < -0.4 is 10.1 Å². The third-order valence-corrected chi connectivity index (χ3v) is 7.03. The Hall–Kier alpha value is -4.98. The number of carbonyl (C=O) groups is 3. The average Bonchev–Trinajstić information content (AvgIpc) is 3.04. The Bertz CT molecular complexity index is 1480. The molecule has 0 aliphatic heterocycles. The van der Waals surface area contributed by atoms with E-state index in [9.17, 15) is 19.5 Å². The maximum absolute atomic E-state index is 13.1. The van der Waals surface area contributed by atoms with Gasteiger partial charge < -0.3 is 20.1 Å². The molecule has 1 unspecified atom stereocenters. The first-order chi connectivity index (χ1) is 20.9. The first-order valence-corrected chi connectivity index (χ1v) is 14.5. The van der Waals surface area contributed by atoms with Crippen molar-refractivity contribution in [3.63, 3.8) is 0 Å². The Morgan fingerprint density at radius 1 is 0.884 bits per heavy atom. The molecule has 0 fully saturated rings. The van der Waals surface area contributed by atoms with Crippen LogP contribution in [0.2, 0.25) is 0 Å². The van der Waals surface area contributed by atoms with E-state index in [1.165, 1.54) is 0 Å². The lowest BCUT2D eigenvalue weighted by Crippen LogP contribution is -2.35. The maximum atomic E-state index is 13.1. The van der Waals surface area contributed by atoms with E-state index in [-0.39, 0.29) is 18.1 Å². The number of rotatable bonds is 16. The van der Waals surface area contributed by atoms with Crippen molar-refractivity contribution < 1.29 is 24.2 Å². The van der Waals surface area contributed by atoms with Crippen molar-refractivity contribution in [1.82, 2.24) is 9.88 Å². The third kappa shape index (κ3) is 9.26. The number of aryl methyl sites for hydroxylation is 1. The molecule has 2 N–H and O–H groups in total. The van der Waals surface area contributed by atoms with Gasteiger partial charge in [-0.25, -0.2) is 4.79 Å². The first kappa shape index (κ1) is 31.0. The highest BCUT2D eigenvalue weighted by Crippen LogP contribution is 2.22. The first-order valence-electron chi connectivity index (χ1n) is 14.5. The fourth-order valence-electron chi connectivity index (χ4n) is 4.76. The van der Waals surface area contributed by atoms with Gasteiger partial charge in [-0.05, 0) is 54.3 Å². The molecule has 1 amide bonds. The fourth-order valence-corrected chi connectivity index (χ4v) is 4.76. The average molecular weight is 580 g/mol. The second-order valence-corrected chi connectivity index (χ2v) is 10.2. The smallest absolute Gasteiger partial charge is 0.326 e. The summed E-state index contributed by atoms with van der Waals surface area (Å²) in [7, 11) is 0. The number of anilines is 1. The van der Waals surface area contributed by atoms with Gasteiger partial charge in [-0.1, -0.05) is 67.6 Å². The number of carbonyl (C=O) groups excluding carboxylic acids is 2. The van der Waals surface area contributed by atoms with E-state index in [0.29, 0.717) is 55.1 Å². The monoisotopic (exact) mass is 579 g/mol. The van der Waals surface area contributed by atoms with Crippen LogP contribution in [0.4, 0.5) is 5.69 Å². The Labute approximate surface area is 252 Å². The van der Waals surface area contributed by atoms with Crippen LogP contribution in [0, 0.1) is 0 Å². The van der Waals surface area contributed by atoms with Crippen molar-refractivity contribution in [2.24, 2.45) is 0 Å². The van der Waals surface area contributed by atoms with Gasteiger partial charge in [0.25, 0.3) is 0 Å². The zero-order valence-corrected chi connectivity index (χ0v) is 24.3. The van der Waals surface area contributed by atoms with E-state index in [1.807, 2.05) is 42.2 Å². The fraction of sp³-hybridized carbons (Fsp3) is 0.257. The number of carboxylic acid groups (broad SMARTS) is 1. The number of aromatic nitrogens is 1. The summed E-state index contributed by atoms with van der Waals surface area (Å²) in [4.78, 5) is 44.0. The summed E-state index contributed by atoms with van der Waals surface area (Å²) in [5.41, 5.74) is 3.25. The molecule has 8 heteroatoms. The van der Waals surface area contributed by atoms with Crippen molar-refractivity contribution in [3.05, 3.63) is 126 Å². The highest BCUT2D eigenvalue weighted by Gasteiger charge is 2.21. The molecule has 1 aromatic heterocycles. The minimum atomic E-state index is -1.02.